The lowest BCUT2D eigenvalue weighted by atomic mass is 9.74. The van der Waals surface area contributed by atoms with Gasteiger partial charge in [-0.05, 0) is 49.2 Å². The van der Waals surface area contributed by atoms with E-state index in [9.17, 15) is 0 Å². The van der Waals surface area contributed by atoms with Crippen LogP contribution in [-0.2, 0) is 12.0 Å². The molecule has 3 aliphatic rings. The molecule has 3 nitrogen and oxygen atoms in total. The molecule has 3 aliphatic heterocycles. The van der Waals surface area contributed by atoms with E-state index in [-0.39, 0.29) is 5.41 Å². The zero-order valence-corrected chi connectivity index (χ0v) is 16.8. The van der Waals surface area contributed by atoms with Gasteiger partial charge in [0.1, 0.15) is 6.17 Å². The van der Waals surface area contributed by atoms with Gasteiger partial charge in [0.15, 0.2) is 0 Å². The Bertz CT molecular complexity index is 1020. The van der Waals surface area contributed by atoms with Gasteiger partial charge in [-0.3, -0.25) is 4.90 Å². The average molecular weight is 382 g/mol. The van der Waals surface area contributed by atoms with Crippen LogP contribution in [0.15, 0.2) is 84.9 Å². The quantitative estimate of drug-likeness (QED) is 0.699. The first-order chi connectivity index (χ1) is 14.3. The molecule has 0 radical (unpaired) electrons. The highest BCUT2D eigenvalue weighted by Gasteiger charge is 2.66. The standard InChI is InChI=1S/C26H27N3/c1-19-24-26(16-17-28(24)18-20-10-4-2-5-11-20)22-14-8-9-15-23(22)27-25(26)29(19)21-12-6-3-7-13-21/h2-15,19,24-25,27H,16-18H2,1H3. The lowest BCUT2D eigenvalue weighted by Crippen LogP contribution is -2.45. The second-order valence-corrected chi connectivity index (χ2v) is 8.77. The number of rotatable bonds is 3. The fourth-order valence-electron chi connectivity index (χ4n) is 6.39. The molecule has 4 atom stereocenters. The summed E-state index contributed by atoms with van der Waals surface area (Å²) in [5.74, 6) is 0. The maximum absolute atomic E-state index is 3.92. The van der Waals surface area contributed by atoms with Crippen LogP contribution in [-0.4, -0.2) is 29.7 Å². The van der Waals surface area contributed by atoms with Gasteiger partial charge in [-0.15, -0.1) is 0 Å². The van der Waals surface area contributed by atoms with E-state index in [4.69, 9.17) is 0 Å². The average Bonchev–Trinajstić information content (AvgIpc) is 3.36. The molecule has 146 valence electrons. The van der Waals surface area contributed by atoms with Crippen molar-refractivity contribution in [1.29, 1.82) is 0 Å². The highest BCUT2D eigenvalue weighted by Crippen LogP contribution is 2.58. The number of anilines is 2. The van der Waals surface area contributed by atoms with Crippen molar-refractivity contribution >= 4 is 11.4 Å². The largest absolute Gasteiger partial charge is 0.364 e. The number of hydrogen-bond acceptors (Lipinski definition) is 3. The fourth-order valence-corrected chi connectivity index (χ4v) is 6.39. The summed E-state index contributed by atoms with van der Waals surface area (Å²) in [6, 6.07) is 31.8. The lowest BCUT2D eigenvalue weighted by molar-refractivity contribution is 0.207. The minimum atomic E-state index is 0.140. The zero-order valence-electron chi connectivity index (χ0n) is 16.8. The number of benzene rings is 3. The van der Waals surface area contributed by atoms with Gasteiger partial charge in [0.2, 0.25) is 0 Å². The molecule has 6 rings (SSSR count). The van der Waals surface area contributed by atoms with Crippen molar-refractivity contribution in [3.63, 3.8) is 0 Å². The third kappa shape index (κ3) is 2.34. The molecular weight excluding hydrogens is 354 g/mol. The van der Waals surface area contributed by atoms with Crippen LogP contribution in [0.3, 0.4) is 0 Å². The van der Waals surface area contributed by atoms with E-state index >= 15 is 0 Å². The van der Waals surface area contributed by atoms with E-state index in [1.165, 1.54) is 28.9 Å². The van der Waals surface area contributed by atoms with Crippen LogP contribution in [0.5, 0.6) is 0 Å². The Morgan fingerprint density at radius 3 is 2.38 bits per heavy atom. The van der Waals surface area contributed by atoms with E-state index in [1.54, 1.807) is 0 Å². The molecule has 0 aromatic heterocycles. The molecule has 4 unspecified atom stereocenters. The molecule has 0 aliphatic carbocycles. The number of fused-ring (bicyclic) bond motifs is 1. The normalized spacial score (nSPS) is 30.0. The van der Waals surface area contributed by atoms with Crippen molar-refractivity contribution < 1.29 is 0 Å². The Labute approximate surface area is 173 Å². The van der Waals surface area contributed by atoms with E-state index in [0.717, 1.165) is 13.1 Å². The summed E-state index contributed by atoms with van der Waals surface area (Å²) in [4.78, 5) is 5.38. The first kappa shape index (κ1) is 17.1. The topological polar surface area (TPSA) is 18.5 Å². The molecule has 3 heteroatoms. The van der Waals surface area contributed by atoms with Crippen LogP contribution in [0.4, 0.5) is 11.4 Å². The van der Waals surface area contributed by atoms with Crippen LogP contribution in [0, 0.1) is 0 Å². The maximum atomic E-state index is 3.92. The Morgan fingerprint density at radius 1 is 0.897 bits per heavy atom. The van der Waals surface area contributed by atoms with Gasteiger partial charge in [-0.1, -0.05) is 66.7 Å². The Morgan fingerprint density at radius 2 is 1.59 bits per heavy atom. The summed E-state index contributed by atoms with van der Waals surface area (Å²) in [6.07, 6.45) is 1.51. The second kappa shape index (κ2) is 6.36. The minimum Gasteiger partial charge on any atom is -0.364 e. The number of likely N-dealkylation sites (tertiary alicyclic amines) is 1. The molecule has 3 aromatic rings. The molecular formula is C26H27N3. The van der Waals surface area contributed by atoms with Crippen molar-refractivity contribution in [2.45, 2.75) is 43.6 Å². The molecule has 3 heterocycles. The predicted octanol–water partition coefficient (Wildman–Crippen LogP) is 4.86. The summed E-state index contributed by atoms with van der Waals surface area (Å²) in [5, 5.41) is 3.92. The van der Waals surface area contributed by atoms with Crippen molar-refractivity contribution in [2.24, 2.45) is 0 Å². The van der Waals surface area contributed by atoms with Gasteiger partial charge in [0.05, 0.1) is 5.41 Å². The lowest BCUT2D eigenvalue weighted by Gasteiger charge is -2.34. The second-order valence-electron chi connectivity index (χ2n) is 8.77. The fraction of sp³-hybridized carbons (Fsp3) is 0.308. The van der Waals surface area contributed by atoms with E-state index in [2.05, 4.69) is 107 Å². The summed E-state index contributed by atoms with van der Waals surface area (Å²) >= 11 is 0. The monoisotopic (exact) mass is 381 g/mol. The molecule has 2 saturated heterocycles. The predicted molar refractivity (Wildman–Crippen MR) is 119 cm³/mol. The van der Waals surface area contributed by atoms with Gasteiger partial charge in [-0.25, -0.2) is 0 Å². The van der Waals surface area contributed by atoms with Crippen LogP contribution in [0.1, 0.15) is 24.5 Å². The van der Waals surface area contributed by atoms with E-state index in [0.29, 0.717) is 18.2 Å². The Hall–Kier alpha value is -2.78. The number of hydrogen-bond donors (Lipinski definition) is 1. The smallest absolute Gasteiger partial charge is 0.111 e. The summed E-state index contributed by atoms with van der Waals surface area (Å²) < 4.78 is 0. The van der Waals surface area contributed by atoms with Crippen LogP contribution in [0.2, 0.25) is 0 Å². The summed E-state index contributed by atoms with van der Waals surface area (Å²) in [5.41, 5.74) is 5.69. The van der Waals surface area contributed by atoms with Crippen molar-refractivity contribution in [2.75, 3.05) is 16.8 Å². The highest BCUT2D eigenvalue weighted by molar-refractivity contribution is 5.70. The zero-order chi connectivity index (χ0) is 19.4. The van der Waals surface area contributed by atoms with Crippen LogP contribution < -0.4 is 10.2 Å². The van der Waals surface area contributed by atoms with Crippen LogP contribution in [0.25, 0.3) is 0 Å². The van der Waals surface area contributed by atoms with Crippen molar-refractivity contribution in [1.82, 2.24) is 4.90 Å². The van der Waals surface area contributed by atoms with Crippen molar-refractivity contribution in [3.05, 3.63) is 96.1 Å². The highest BCUT2D eigenvalue weighted by atomic mass is 15.4. The van der Waals surface area contributed by atoms with Gasteiger partial charge in [0.25, 0.3) is 0 Å². The van der Waals surface area contributed by atoms with E-state index in [1.807, 2.05) is 0 Å². The molecule has 1 spiro atoms. The van der Waals surface area contributed by atoms with Gasteiger partial charge >= 0.3 is 0 Å². The van der Waals surface area contributed by atoms with E-state index < -0.39 is 0 Å². The van der Waals surface area contributed by atoms with Gasteiger partial charge in [-0.2, -0.15) is 0 Å². The third-order valence-electron chi connectivity index (χ3n) is 7.40. The molecule has 29 heavy (non-hydrogen) atoms. The van der Waals surface area contributed by atoms with Crippen molar-refractivity contribution in [3.8, 4) is 0 Å². The minimum absolute atomic E-state index is 0.140. The molecule has 2 fully saturated rings. The molecule has 0 amide bonds. The number of para-hydroxylation sites is 2. The first-order valence-electron chi connectivity index (χ1n) is 10.8. The van der Waals surface area contributed by atoms with Gasteiger partial charge < -0.3 is 10.2 Å². The summed E-state index contributed by atoms with van der Waals surface area (Å²) in [6.45, 7) is 4.60. The molecule has 3 aromatic carbocycles. The Balaban J connectivity index is 1.46. The van der Waals surface area contributed by atoms with Gasteiger partial charge in [0, 0.05) is 30.0 Å². The SMILES string of the molecule is CC1C2N(Cc3ccccc3)CCC23c2ccccc2NC3N1c1ccccc1. The third-order valence-corrected chi connectivity index (χ3v) is 7.40. The first-order valence-corrected chi connectivity index (χ1v) is 10.8. The number of nitrogens with zero attached hydrogens (tertiary/aromatic N) is 2. The molecule has 0 bridgehead atoms. The Kier molecular flexibility index (Phi) is 3.75. The summed E-state index contributed by atoms with van der Waals surface area (Å²) in [7, 11) is 0. The maximum Gasteiger partial charge on any atom is 0.111 e. The molecule has 0 saturated carbocycles. The molecule has 1 N–H and O–H groups in total. The van der Waals surface area contributed by atoms with Crippen LogP contribution >= 0.6 is 0 Å². The number of nitrogens with one attached hydrogen (secondary N) is 1.